The molecule has 4 heteroatoms. The molecular formula is C23H33N3O. The average molecular weight is 368 g/mol. The highest BCUT2D eigenvalue weighted by Crippen LogP contribution is 2.26. The van der Waals surface area contributed by atoms with Gasteiger partial charge < -0.3 is 9.47 Å². The molecule has 3 rings (SSSR count). The Hall–Kier alpha value is -1.91. The van der Waals surface area contributed by atoms with Crippen LogP contribution in [-0.2, 0) is 0 Å². The van der Waals surface area contributed by atoms with Gasteiger partial charge in [0.2, 0.25) is 0 Å². The minimum atomic E-state index is 0.225. The van der Waals surface area contributed by atoms with Gasteiger partial charge in [0.05, 0.1) is 6.54 Å². The van der Waals surface area contributed by atoms with Gasteiger partial charge in [-0.1, -0.05) is 18.2 Å². The first kappa shape index (κ1) is 19.8. The quantitative estimate of drug-likeness (QED) is 0.720. The van der Waals surface area contributed by atoms with Crippen molar-refractivity contribution in [2.24, 2.45) is 0 Å². The molecule has 0 amide bonds. The normalized spacial score (nSPS) is 20.4. The molecule has 0 atom stereocenters. The van der Waals surface area contributed by atoms with E-state index in [9.17, 15) is 4.79 Å². The summed E-state index contributed by atoms with van der Waals surface area (Å²) >= 11 is 0. The number of aromatic nitrogens is 1. The summed E-state index contributed by atoms with van der Waals surface area (Å²) in [6.07, 6.45) is 4.79. The van der Waals surface area contributed by atoms with Crippen LogP contribution in [0.25, 0.3) is 5.69 Å². The van der Waals surface area contributed by atoms with Gasteiger partial charge in [-0.25, -0.2) is 0 Å². The Balaban J connectivity index is 1.68. The maximum Gasteiger partial charge on any atom is 0.178 e. The van der Waals surface area contributed by atoms with Crippen LogP contribution in [-0.4, -0.2) is 59.9 Å². The second-order valence-corrected chi connectivity index (χ2v) is 8.22. The van der Waals surface area contributed by atoms with Crippen LogP contribution >= 0.6 is 0 Å². The fraction of sp³-hybridized carbons (Fsp3) is 0.522. The fourth-order valence-electron chi connectivity index (χ4n) is 4.48. The Morgan fingerprint density at radius 1 is 1.00 bits per heavy atom. The van der Waals surface area contributed by atoms with Gasteiger partial charge in [0, 0.05) is 34.7 Å². The van der Waals surface area contributed by atoms with Gasteiger partial charge >= 0.3 is 0 Å². The molecule has 1 heterocycles. The molecule has 1 aliphatic carbocycles. The SMILES string of the molecule is Cc1cc(C(=O)CN(C)C2CCC(N(C)C)CC2)c(C)n1-c1ccccc1. The lowest BCUT2D eigenvalue weighted by molar-refractivity contribution is 0.0869. The number of nitrogens with zero attached hydrogens (tertiary/aromatic N) is 3. The molecule has 1 aromatic heterocycles. The van der Waals surface area contributed by atoms with Crippen molar-refractivity contribution in [3.05, 3.63) is 53.3 Å². The van der Waals surface area contributed by atoms with Crippen LogP contribution < -0.4 is 0 Å². The molecule has 0 bridgehead atoms. The second kappa shape index (κ2) is 8.41. The van der Waals surface area contributed by atoms with Gasteiger partial charge in [0.15, 0.2) is 5.78 Å². The van der Waals surface area contributed by atoms with Crippen molar-refractivity contribution in [2.45, 2.75) is 51.6 Å². The third-order valence-electron chi connectivity index (χ3n) is 6.16. The summed E-state index contributed by atoms with van der Waals surface area (Å²) in [5.74, 6) is 0.225. The second-order valence-electron chi connectivity index (χ2n) is 8.22. The zero-order chi connectivity index (χ0) is 19.6. The molecule has 146 valence electrons. The Morgan fingerprint density at radius 2 is 1.59 bits per heavy atom. The van der Waals surface area contributed by atoms with Gasteiger partial charge in [0.25, 0.3) is 0 Å². The van der Waals surface area contributed by atoms with Crippen LogP contribution in [0, 0.1) is 13.8 Å². The molecule has 2 aromatic rings. The number of likely N-dealkylation sites (N-methyl/N-ethyl adjacent to an activating group) is 1. The van der Waals surface area contributed by atoms with Gasteiger partial charge in [-0.3, -0.25) is 9.69 Å². The van der Waals surface area contributed by atoms with E-state index in [-0.39, 0.29) is 5.78 Å². The van der Waals surface area contributed by atoms with E-state index >= 15 is 0 Å². The first-order valence-corrected chi connectivity index (χ1v) is 10.0. The number of para-hydroxylation sites is 1. The van der Waals surface area contributed by atoms with E-state index in [0.29, 0.717) is 18.6 Å². The number of hydrogen-bond donors (Lipinski definition) is 0. The highest BCUT2D eigenvalue weighted by molar-refractivity contribution is 5.99. The van der Waals surface area contributed by atoms with Gasteiger partial charge in [-0.15, -0.1) is 0 Å². The van der Waals surface area contributed by atoms with Crippen LogP contribution in [0.15, 0.2) is 36.4 Å². The highest BCUT2D eigenvalue weighted by Gasteiger charge is 2.27. The van der Waals surface area contributed by atoms with E-state index in [0.717, 1.165) is 22.6 Å². The molecule has 0 radical (unpaired) electrons. The van der Waals surface area contributed by atoms with Gasteiger partial charge in [-0.2, -0.15) is 0 Å². The Bertz CT molecular complexity index is 770. The molecule has 1 saturated carbocycles. The van der Waals surface area contributed by atoms with Crippen LogP contribution in [0.4, 0.5) is 0 Å². The fourth-order valence-corrected chi connectivity index (χ4v) is 4.48. The summed E-state index contributed by atoms with van der Waals surface area (Å²) in [6, 6.07) is 13.5. The van der Waals surface area contributed by atoms with Crippen LogP contribution in [0.3, 0.4) is 0 Å². The van der Waals surface area contributed by atoms with Crippen molar-refractivity contribution in [1.82, 2.24) is 14.4 Å². The number of ketones is 1. The van der Waals surface area contributed by atoms with Crippen LogP contribution in [0.2, 0.25) is 0 Å². The molecule has 1 aromatic carbocycles. The first-order valence-electron chi connectivity index (χ1n) is 10.0. The van der Waals surface area contributed by atoms with Crippen molar-refractivity contribution in [3.8, 4) is 5.69 Å². The molecule has 27 heavy (non-hydrogen) atoms. The number of rotatable bonds is 6. The largest absolute Gasteiger partial charge is 0.318 e. The van der Waals surface area contributed by atoms with Gasteiger partial charge in [0.1, 0.15) is 0 Å². The van der Waals surface area contributed by atoms with E-state index in [2.05, 4.69) is 61.5 Å². The molecule has 1 fully saturated rings. The smallest absolute Gasteiger partial charge is 0.178 e. The number of Topliss-reactive ketones (excluding diaryl/α,β-unsaturated/α-hetero) is 1. The summed E-state index contributed by atoms with van der Waals surface area (Å²) in [7, 11) is 6.44. The molecular weight excluding hydrogens is 334 g/mol. The topological polar surface area (TPSA) is 28.5 Å². The minimum absolute atomic E-state index is 0.225. The maximum absolute atomic E-state index is 13.0. The molecule has 0 unspecified atom stereocenters. The molecule has 4 nitrogen and oxygen atoms in total. The number of carbonyl (C=O) groups is 1. The highest BCUT2D eigenvalue weighted by atomic mass is 16.1. The maximum atomic E-state index is 13.0. The van der Waals surface area contributed by atoms with Crippen LogP contribution in [0.5, 0.6) is 0 Å². The molecule has 0 aliphatic heterocycles. The van der Waals surface area contributed by atoms with Gasteiger partial charge in [-0.05, 0) is 78.9 Å². The van der Waals surface area contributed by atoms with Crippen molar-refractivity contribution < 1.29 is 4.79 Å². The Morgan fingerprint density at radius 3 is 2.19 bits per heavy atom. The number of hydrogen-bond acceptors (Lipinski definition) is 3. The zero-order valence-electron chi connectivity index (χ0n) is 17.4. The summed E-state index contributed by atoms with van der Waals surface area (Å²) in [5, 5.41) is 0. The van der Waals surface area contributed by atoms with E-state index in [1.165, 1.54) is 25.7 Å². The Labute approximate surface area is 163 Å². The van der Waals surface area contributed by atoms with Crippen molar-refractivity contribution in [3.63, 3.8) is 0 Å². The minimum Gasteiger partial charge on any atom is -0.318 e. The van der Waals surface area contributed by atoms with E-state index in [4.69, 9.17) is 0 Å². The van der Waals surface area contributed by atoms with E-state index in [1.54, 1.807) is 0 Å². The Kier molecular flexibility index (Phi) is 6.18. The van der Waals surface area contributed by atoms with Crippen LogP contribution in [0.1, 0.15) is 47.4 Å². The lowest BCUT2D eigenvalue weighted by atomic mass is 9.89. The lowest BCUT2D eigenvalue weighted by Crippen LogP contribution is -2.42. The molecule has 1 aliphatic rings. The summed E-state index contributed by atoms with van der Waals surface area (Å²) in [5.41, 5.74) is 4.11. The molecule has 0 saturated heterocycles. The standard InChI is InChI=1S/C23H33N3O/c1-17-15-22(18(2)26(17)21-9-7-6-8-10-21)23(27)16-25(5)20-13-11-19(12-14-20)24(3)4/h6-10,15,19-20H,11-14,16H2,1-5H3. The van der Waals surface area contributed by atoms with Crippen molar-refractivity contribution >= 4 is 5.78 Å². The predicted octanol–water partition coefficient (Wildman–Crippen LogP) is 4.08. The van der Waals surface area contributed by atoms with E-state index in [1.807, 2.05) is 24.3 Å². The number of aryl methyl sites for hydroxylation is 1. The van der Waals surface area contributed by atoms with E-state index < -0.39 is 0 Å². The summed E-state index contributed by atoms with van der Waals surface area (Å²) < 4.78 is 2.18. The predicted molar refractivity (Wildman–Crippen MR) is 112 cm³/mol. The third-order valence-corrected chi connectivity index (χ3v) is 6.16. The zero-order valence-corrected chi connectivity index (χ0v) is 17.4. The number of carbonyl (C=O) groups excluding carboxylic acids is 1. The molecule has 0 N–H and O–H groups in total. The molecule has 0 spiro atoms. The first-order chi connectivity index (χ1) is 12.9. The summed E-state index contributed by atoms with van der Waals surface area (Å²) in [4.78, 5) is 17.6. The summed E-state index contributed by atoms with van der Waals surface area (Å²) in [6.45, 7) is 4.62. The van der Waals surface area contributed by atoms with Crippen molar-refractivity contribution in [1.29, 1.82) is 0 Å². The third kappa shape index (κ3) is 4.33. The lowest BCUT2D eigenvalue weighted by Gasteiger charge is -2.36. The monoisotopic (exact) mass is 367 g/mol. The average Bonchev–Trinajstić information content (AvgIpc) is 2.96. The van der Waals surface area contributed by atoms with Crippen molar-refractivity contribution in [2.75, 3.05) is 27.7 Å². The number of benzene rings is 1.